The Hall–Kier alpha value is -1.36. The Balaban J connectivity index is 1.64. The standard InChI is InChI=1S/C15H24N4O/c1-3-14-13(9-19(2)18-14)15(20)17-12-5-4-10-7-16-8-11(10)6-12/h9-12,16H,3-8H2,1-2H3,(H,17,20)/t10-,11+,12?/m0/s1. The molecular formula is C15H24N4O. The second-order valence-corrected chi connectivity index (χ2v) is 6.18. The van der Waals surface area contributed by atoms with Crippen molar-refractivity contribution >= 4 is 5.91 Å². The Morgan fingerprint density at radius 2 is 2.25 bits per heavy atom. The van der Waals surface area contributed by atoms with Gasteiger partial charge in [-0.15, -0.1) is 0 Å². The largest absolute Gasteiger partial charge is 0.349 e. The Morgan fingerprint density at radius 3 is 3.05 bits per heavy atom. The number of carbonyl (C=O) groups excluding carboxylic acids is 1. The molecule has 1 aliphatic carbocycles. The molecule has 2 heterocycles. The summed E-state index contributed by atoms with van der Waals surface area (Å²) in [5.74, 6) is 1.62. The fourth-order valence-electron chi connectivity index (χ4n) is 3.68. The molecule has 1 saturated carbocycles. The molecule has 1 aliphatic heterocycles. The maximum absolute atomic E-state index is 12.4. The van der Waals surface area contributed by atoms with E-state index >= 15 is 0 Å². The fourth-order valence-corrected chi connectivity index (χ4v) is 3.68. The highest BCUT2D eigenvalue weighted by Gasteiger charge is 2.34. The van der Waals surface area contributed by atoms with E-state index in [-0.39, 0.29) is 5.91 Å². The molecule has 0 spiro atoms. The fraction of sp³-hybridized carbons (Fsp3) is 0.733. The van der Waals surface area contributed by atoms with E-state index in [2.05, 4.69) is 15.7 Å². The van der Waals surface area contributed by atoms with Gasteiger partial charge < -0.3 is 10.6 Å². The minimum atomic E-state index is 0.0457. The highest BCUT2D eigenvalue weighted by atomic mass is 16.1. The minimum Gasteiger partial charge on any atom is -0.349 e. The van der Waals surface area contributed by atoms with Crippen molar-refractivity contribution in [3.05, 3.63) is 17.5 Å². The Bertz CT molecular complexity index is 496. The van der Waals surface area contributed by atoms with Crippen molar-refractivity contribution in [1.29, 1.82) is 0 Å². The van der Waals surface area contributed by atoms with E-state index < -0.39 is 0 Å². The van der Waals surface area contributed by atoms with Crippen molar-refractivity contribution in [2.75, 3.05) is 13.1 Å². The molecule has 0 aromatic carbocycles. The van der Waals surface area contributed by atoms with Crippen molar-refractivity contribution in [2.24, 2.45) is 18.9 Å². The summed E-state index contributed by atoms with van der Waals surface area (Å²) in [5.41, 5.74) is 1.63. The van der Waals surface area contributed by atoms with Gasteiger partial charge in [-0.05, 0) is 50.6 Å². The predicted molar refractivity (Wildman–Crippen MR) is 77.5 cm³/mol. The van der Waals surface area contributed by atoms with Gasteiger partial charge in [-0.1, -0.05) is 6.92 Å². The minimum absolute atomic E-state index is 0.0457. The number of nitrogens with zero attached hydrogens (tertiary/aromatic N) is 2. The molecule has 1 aromatic heterocycles. The zero-order valence-corrected chi connectivity index (χ0v) is 12.4. The summed E-state index contributed by atoms with van der Waals surface area (Å²) in [7, 11) is 1.87. The molecule has 2 fully saturated rings. The lowest BCUT2D eigenvalue weighted by molar-refractivity contribution is 0.0912. The molecule has 5 nitrogen and oxygen atoms in total. The molecule has 5 heteroatoms. The third kappa shape index (κ3) is 2.59. The van der Waals surface area contributed by atoms with Gasteiger partial charge in [0, 0.05) is 19.3 Å². The zero-order chi connectivity index (χ0) is 14.1. The molecule has 3 atom stereocenters. The SMILES string of the molecule is CCc1nn(C)cc1C(=O)NC1CC[C@H]2CNC[C@H]2C1. The van der Waals surface area contributed by atoms with Crippen LogP contribution in [0.4, 0.5) is 0 Å². The summed E-state index contributed by atoms with van der Waals surface area (Å²) >= 11 is 0. The smallest absolute Gasteiger partial charge is 0.254 e. The Labute approximate surface area is 120 Å². The first-order valence-corrected chi connectivity index (χ1v) is 7.71. The van der Waals surface area contributed by atoms with Crippen LogP contribution >= 0.6 is 0 Å². The van der Waals surface area contributed by atoms with Crippen LogP contribution in [0.25, 0.3) is 0 Å². The van der Waals surface area contributed by atoms with Gasteiger partial charge in [0.05, 0.1) is 11.3 Å². The lowest BCUT2D eigenvalue weighted by Crippen LogP contribution is -2.40. The molecule has 2 N–H and O–H groups in total. The van der Waals surface area contributed by atoms with Gasteiger partial charge >= 0.3 is 0 Å². The third-order valence-electron chi connectivity index (χ3n) is 4.77. The van der Waals surface area contributed by atoms with Gasteiger partial charge in [0.1, 0.15) is 0 Å². The highest BCUT2D eigenvalue weighted by molar-refractivity contribution is 5.95. The van der Waals surface area contributed by atoms with E-state index in [0.717, 1.165) is 55.4 Å². The van der Waals surface area contributed by atoms with E-state index in [1.807, 2.05) is 20.2 Å². The summed E-state index contributed by atoms with van der Waals surface area (Å²) in [4.78, 5) is 12.4. The Morgan fingerprint density at radius 1 is 1.45 bits per heavy atom. The van der Waals surface area contributed by atoms with Crippen molar-refractivity contribution in [2.45, 2.75) is 38.6 Å². The number of aryl methyl sites for hydroxylation is 2. The van der Waals surface area contributed by atoms with Crippen LogP contribution in [0.3, 0.4) is 0 Å². The molecule has 0 radical (unpaired) electrons. The molecule has 110 valence electrons. The Kier molecular flexibility index (Phi) is 3.78. The number of carbonyl (C=O) groups is 1. The maximum atomic E-state index is 12.4. The molecule has 1 unspecified atom stereocenters. The number of hydrogen-bond donors (Lipinski definition) is 2. The molecule has 1 amide bonds. The van der Waals surface area contributed by atoms with Crippen LogP contribution in [0.1, 0.15) is 42.2 Å². The van der Waals surface area contributed by atoms with E-state index in [0.29, 0.717) is 6.04 Å². The van der Waals surface area contributed by atoms with Gasteiger partial charge in [0.25, 0.3) is 5.91 Å². The van der Waals surface area contributed by atoms with Crippen LogP contribution in [0.15, 0.2) is 6.20 Å². The third-order valence-corrected chi connectivity index (χ3v) is 4.77. The number of rotatable bonds is 3. The number of nitrogens with one attached hydrogen (secondary N) is 2. The summed E-state index contributed by atoms with van der Waals surface area (Å²) in [5, 5.41) is 11.0. The van der Waals surface area contributed by atoms with Crippen molar-refractivity contribution in [3.8, 4) is 0 Å². The van der Waals surface area contributed by atoms with Gasteiger partial charge in [0.15, 0.2) is 0 Å². The van der Waals surface area contributed by atoms with Crippen LogP contribution < -0.4 is 10.6 Å². The van der Waals surface area contributed by atoms with Gasteiger partial charge in [-0.25, -0.2) is 0 Å². The lowest BCUT2D eigenvalue weighted by Gasteiger charge is -2.31. The molecule has 20 heavy (non-hydrogen) atoms. The summed E-state index contributed by atoms with van der Waals surface area (Å²) in [6.45, 7) is 4.31. The van der Waals surface area contributed by atoms with Crippen molar-refractivity contribution < 1.29 is 4.79 Å². The molecule has 1 saturated heterocycles. The monoisotopic (exact) mass is 276 g/mol. The number of amides is 1. The van der Waals surface area contributed by atoms with E-state index in [9.17, 15) is 4.79 Å². The van der Waals surface area contributed by atoms with Crippen LogP contribution in [0.5, 0.6) is 0 Å². The van der Waals surface area contributed by atoms with Crippen LogP contribution in [0, 0.1) is 11.8 Å². The van der Waals surface area contributed by atoms with Crippen LogP contribution in [0.2, 0.25) is 0 Å². The van der Waals surface area contributed by atoms with E-state index in [4.69, 9.17) is 0 Å². The number of fused-ring (bicyclic) bond motifs is 1. The zero-order valence-electron chi connectivity index (χ0n) is 12.4. The van der Waals surface area contributed by atoms with Gasteiger partial charge in [-0.2, -0.15) is 5.10 Å². The molecule has 0 bridgehead atoms. The molecule has 3 rings (SSSR count). The molecule has 2 aliphatic rings. The number of aromatic nitrogens is 2. The first kappa shape index (κ1) is 13.6. The summed E-state index contributed by atoms with van der Waals surface area (Å²) < 4.78 is 1.73. The molecular weight excluding hydrogens is 252 g/mol. The second kappa shape index (κ2) is 5.56. The average Bonchev–Trinajstić information content (AvgIpc) is 3.03. The second-order valence-electron chi connectivity index (χ2n) is 6.18. The van der Waals surface area contributed by atoms with E-state index in [1.165, 1.54) is 6.42 Å². The van der Waals surface area contributed by atoms with Crippen LogP contribution in [-0.4, -0.2) is 34.8 Å². The lowest BCUT2D eigenvalue weighted by atomic mass is 9.79. The van der Waals surface area contributed by atoms with Gasteiger partial charge in [-0.3, -0.25) is 9.48 Å². The maximum Gasteiger partial charge on any atom is 0.254 e. The summed E-state index contributed by atoms with van der Waals surface area (Å²) in [6.07, 6.45) is 6.08. The highest BCUT2D eigenvalue weighted by Crippen LogP contribution is 2.32. The first-order valence-electron chi connectivity index (χ1n) is 7.71. The van der Waals surface area contributed by atoms with Crippen molar-refractivity contribution in [3.63, 3.8) is 0 Å². The summed E-state index contributed by atoms with van der Waals surface area (Å²) in [6, 6.07) is 0.327. The van der Waals surface area contributed by atoms with Crippen LogP contribution in [-0.2, 0) is 13.5 Å². The predicted octanol–water partition coefficient (Wildman–Crippen LogP) is 1.10. The van der Waals surface area contributed by atoms with E-state index in [1.54, 1.807) is 4.68 Å². The topological polar surface area (TPSA) is 59.0 Å². The normalized spacial score (nSPS) is 29.2. The average molecular weight is 276 g/mol. The number of hydrogen-bond acceptors (Lipinski definition) is 3. The van der Waals surface area contributed by atoms with Gasteiger partial charge in [0.2, 0.25) is 0 Å². The quantitative estimate of drug-likeness (QED) is 0.869. The first-order chi connectivity index (χ1) is 9.67. The molecule has 1 aromatic rings. The van der Waals surface area contributed by atoms with Crippen molar-refractivity contribution in [1.82, 2.24) is 20.4 Å².